The van der Waals surface area contributed by atoms with Crippen molar-refractivity contribution in [2.45, 2.75) is 37.8 Å². The van der Waals surface area contributed by atoms with E-state index in [1.54, 1.807) is 0 Å². The molecule has 1 aliphatic carbocycles. The third-order valence-electron chi connectivity index (χ3n) is 2.77. The summed E-state index contributed by atoms with van der Waals surface area (Å²) in [6.07, 6.45) is 3.35. The minimum Gasteiger partial charge on any atom is -0.391 e. The Morgan fingerprint density at radius 1 is 1.45 bits per heavy atom. The molecule has 2 rings (SSSR count). The van der Waals surface area contributed by atoms with Crippen LogP contribution in [0.4, 0.5) is 0 Å². The van der Waals surface area contributed by atoms with Gasteiger partial charge in [-0.05, 0) is 18.8 Å². The van der Waals surface area contributed by atoms with Crippen LogP contribution in [-0.4, -0.2) is 23.2 Å². The van der Waals surface area contributed by atoms with Crippen LogP contribution >= 0.6 is 0 Å². The molecule has 3 atom stereocenters. The Kier molecular flexibility index (Phi) is 1.60. The van der Waals surface area contributed by atoms with Gasteiger partial charge in [0.15, 0.2) is 0 Å². The van der Waals surface area contributed by atoms with Gasteiger partial charge in [0, 0.05) is 6.42 Å². The SMILES string of the molecule is O=C1CC2CCCC(O)C2N1. The van der Waals surface area contributed by atoms with E-state index in [0.29, 0.717) is 12.3 Å². The Labute approximate surface area is 65.8 Å². The molecule has 11 heavy (non-hydrogen) atoms. The van der Waals surface area contributed by atoms with Crippen LogP contribution in [-0.2, 0) is 4.79 Å². The Morgan fingerprint density at radius 2 is 2.27 bits per heavy atom. The second-order valence-electron chi connectivity index (χ2n) is 3.56. The van der Waals surface area contributed by atoms with Gasteiger partial charge in [-0.1, -0.05) is 6.42 Å². The Bertz CT molecular complexity index is 181. The van der Waals surface area contributed by atoms with Crippen molar-refractivity contribution >= 4 is 5.91 Å². The van der Waals surface area contributed by atoms with Crippen molar-refractivity contribution in [3.8, 4) is 0 Å². The van der Waals surface area contributed by atoms with Gasteiger partial charge in [0.25, 0.3) is 0 Å². The Morgan fingerprint density at radius 3 is 3.00 bits per heavy atom. The highest BCUT2D eigenvalue weighted by atomic mass is 16.3. The highest BCUT2D eigenvalue weighted by molar-refractivity contribution is 5.79. The fourth-order valence-corrected chi connectivity index (χ4v) is 2.19. The highest BCUT2D eigenvalue weighted by Gasteiger charge is 2.39. The first kappa shape index (κ1) is 7.10. The molecule has 1 aliphatic heterocycles. The lowest BCUT2D eigenvalue weighted by Gasteiger charge is -2.29. The summed E-state index contributed by atoms with van der Waals surface area (Å²) in [7, 11) is 0. The fraction of sp³-hybridized carbons (Fsp3) is 0.875. The molecule has 3 nitrogen and oxygen atoms in total. The van der Waals surface area contributed by atoms with Crippen LogP contribution in [0.3, 0.4) is 0 Å². The van der Waals surface area contributed by atoms with Gasteiger partial charge in [0.2, 0.25) is 5.91 Å². The van der Waals surface area contributed by atoms with E-state index in [9.17, 15) is 9.90 Å². The Hall–Kier alpha value is -0.570. The molecular formula is C8H13NO2. The van der Waals surface area contributed by atoms with Gasteiger partial charge in [-0.15, -0.1) is 0 Å². The third kappa shape index (κ3) is 1.13. The van der Waals surface area contributed by atoms with Crippen molar-refractivity contribution in [2.24, 2.45) is 5.92 Å². The average Bonchev–Trinajstić information content (AvgIpc) is 2.31. The minimum absolute atomic E-state index is 0.0660. The summed E-state index contributed by atoms with van der Waals surface area (Å²) in [5, 5.41) is 12.3. The second-order valence-corrected chi connectivity index (χ2v) is 3.56. The number of carbonyl (C=O) groups is 1. The third-order valence-corrected chi connectivity index (χ3v) is 2.77. The molecule has 3 unspecified atom stereocenters. The zero-order valence-electron chi connectivity index (χ0n) is 6.42. The van der Waals surface area contributed by atoms with Crippen molar-refractivity contribution in [2.75, 3.05) is 0 Å². The maximum atomic E-state index is 10.9. The van der Waals surface area contributed by atoms with Crippen LogP contribution < -0.4 is 5.32 Å². The van der Waals surface area contributed by atoms with Crippen LogP contribution in [0.25, 0.3) is 0 Å². The molecule has 1 heterocycles. The van der Waals surface area contributed by atoms with Crippen molar-refractivity contribution in [1.29, 1.82) is 0 Å². The predicted molar refractivity (Wildman–Crippen MR) is 39.9 cm³/mol. The molecule has 0 radical (unpaired) electrons. The lowest BCUT2D eigenvalue weighted by molar-refractivity contribution is -0.119. The van der Waals surface area contributed by atoms with Gasteiger partial charge in [0.1, 0.15) is 0 Å². The largest absolute Gasteiger partial charge is 0.391 e. The van der Waals surface area contributed by atoms with E-state index in [0.717, 1.165) is 19.3 Å². The normalized spacial score (nSPS) is 43.4. The quantitative estimate of drug-likeness (QED) is 0.518. The van der Waals surface area contributed by atoms with Crippen molar-refractivity contribution < 1.29 is 9.90 Å². The van der Waals surface area contributed by atoms with Crippen LogP contribution in [0.1, 0.15) is 25.7 Å². The molecule has 2 fully saturated rings. The molecule has 0 aromatic heterocycles. The molecule has 3 heteroatoms. The van der Waals surface area contributed by atoms with Gasteiger partial charge >= 0.3 is 0 Å². The summed E-state index contributed by atoms with van der Waals surface area (Å²) in [5.41, 5.74) is 0. The molecule has 62 valence electrons. The highest BCUT2D eigenvalue weighted by Crippen LogP contribution is 2.31. The van der Waals surface area contributed by atoms with Crippen LogP contribution in [0.2, 0.25) is 0 Å². The Balaban J connectivity index is 2.09. The monoisotopic (exact) mass is 155 g/mol. The van der Waals surface area contributed by atoms with E-state index in [1.165, 1.54) is 0 Å². The summed E-state index contributed by atoms with van der Waals surface area (Å²) in [6.45, 7) is 0. The first-order valence-corrected chi connectivity index (χ1v) is 4.25. The lowest BCUT2D eigenvalue weighted by atomic mass is 9.83. The van der Waals surface area contributed by atoms with Gasteiger partial charge in [-0.2, -0.15) is 0 Å². The average molecular weight is 155 g/mol. The number of aliphatic hydroxyl groups is 1. The molecule has 1 amide bonds. The number of nitrogens with one attached hydrogen (secondary N) is 1. The lowest BCUT2D eigenvalue weighted by Crippen LogP contribution is -2.42. The molecule has 2 N–H and O–H groups in total. The number of fused-ring (bicyclic) bond motifs is 1. The smallest absolute Gasteiger partial charge is 0.220 e. The van der Waals surface area contributed by atoms with Crippen molar-refractivity contribution in [1.82, 2.24) is 5.32 Å². The standard InChI is InChI=1S/C8H13NO2/c10-6-3-1-2-5-4-7(11)9-8(5)6/h5-6,8,10H,1-4H2,(H,9,11). The number of carbonyl (C=O) groups excluding carboxylic acids is 1. The minimum atomic E-state index is -0.291. The zero-order chi connectivity index (χ0) is 7.84. The molecule has 2 aliphatic rings. The van der Waals surface area contributed by atoms with Crippen molar-refractivity contribution in [3.05, 3.63) is 0 Å². The molecule has 1 saturated carbocycles. The predicted octanol–water partition coefficient (Wildman–Crippen LogP) is 0.0359. The van der Waals surface area contributed by atoms with E-state index >= 15 is 0 Å². The molecule has 0 aromatic carbocycles. The van der Waals surface area contributed by atoms with E-state index in [1.807, 2.05) is 0 Å². The fourth-order valence-electron chi connectivity index (χ4n) is 2.19. The van der Waals surface area contributed by atoms with Gasteiger partial charge in [0.05, 0.1) is 12.1 Å². The molecule has 0 bridgehead atoms. The van der Waals surface area contributed by atoms with Gasteiger partial charge in [-0.25, -0.2) is 0 Å². The van der Waals surface area contributed by atoms with E-state index in [2.05, 4.69) is 5.32 Å². The maximum Gasteiger partial charge on any atom is 0.220 e. The summed E-state index contributed by atoms with van der Waals surface area (Å²) in [4.78, 5) is 10.9. The van der Waals surface area contributed by atoms with E-state index in [-0.39, 0.29) is 18.1 Å². The van der Waals surface area contributed by atoms with Crippen molar-refractivity contribution in [3.63, 3.8) is 0 Å². The number of rotatable bonds is 0. The van der Waals surface area contributed by atoms with Crippen LogP contribution in [0, 0.1) is 5.92 Å². The summed E-state index contributed by atoms with van der Waals surface area (Å²) < 4.78 is 0. The van der Waals surface area contributed by atoms with Crippen LogP contribution in [0.5, 0.6) is 0 Å². The van der Waals surface area contributed by atoms with E-state index in [4.69, 9.17) is 0 Å². The molecular weight excluding hydrogens is 142 g/mol. The molecule has 0 aromatic rings. The van der Waals surface area contributed by atoms with Crippen LogP contribution in [0.15, 0.2) is 0 Å². The number of aliphatic hydroxyl groups excluding tert-OH is 1. The number of hydrogen-bond acceptors (Lipinski definition) is 2. The number of hydrogen-bond donors (Lipinski definition) is 2. The van der Waals surface area contributed by atoms with E-state index < -0.39 is 0 Å². The summed E-state index contributed by atoms with van der Waals surface area (Å²) >= 11 is 0. The first-order valence-electron chi connectivity index (χ1n) is 4.25. The summed E-state index contributed by atoms with van der Waals surface area (Å²) in [6, 6.07) is 0.0660. The maximum absolute atomic E-state index is 10.9. The second kappa shape index (κ2) is 2.48. The van der Waals surface area contributed by atoms with Gasteiger partial charge < -0.3 is 10.4 Å². The first-order chi connectivity index (χ1) is 5.27. The topological polar surface area (TPSA) is 49.3 Å². The molecule has 0 spiro atoms. The van der Waals surface area contributed by atoms with Gasteiger partial charge in [-0.3, -0.25) is 4.79 Å². The zero-order valence-corrected chi connectivity index (χ0v) is 6.42. The summed E-state index contributed by atoms with van der Waals surface area (Å²) in [5.74, 6) is 0.521. The number of amides is 1. The molecule has 1 saturated heterocycles.